The highest BCUT2D eigenvalue weighted by Gasteiger charge is 2.17. The molecule has 0 atom stereocenters. The maximum atomic E-state index is 10.5. The molecule has 1 heterocycles. The number of carbonyl (C=O) groups is 1. The Morgan fingerprint density at radius 3 is 2.74 bits per heavy atom. The molecular formula is C18H18O5. The number of carboxylic acid groups (broad SMARTS) is 1. The van der Waals surface area contributed by atoms with Gasteiger partial charge < -0.3 is 19.3 Å². The summed E-state index contributed by atoms with van der Waals surface area (Å²) in [5.74, 6) is 1.51. The van der Waals surface area contributed by atoms with Gasteiger partial charge in [-0.05, 0) is 36.6 Å². The molecule has 0 aromatic heterocycles. The first kappa shape index (κ1) is 15.2. The van der Waals surface area contributed by atoms with E-state index in [9.17, 15) is 4.79 Å². The Balaban J connectivity index is 1.55. The topological polar surface area (TPSA) is 65.0 Å². The smallest absolute Gasteiger partial charge is 0.303 e. The van der Waals surface area contributed by atoms with Crippen LogP contribution < -0.4 is 14.2 Å². The van der Waals surface area contributed by atoms with Gasteiger partial charge in [-0.3, -0.25) is 4.79 Å². The van der Waals surface area contributed by atoms with Gasteiger partial charge in [-0.1, -0.05) is 24.3 Å². The fraction of sp³-hybridized carbons (Fsp3) is 0.278. The summed E-state index contributed by atoms with van der Waals surface area (Å²) in [6.45, 7) is 0.655. The second kappa shape index (κ2) is 7.05. The zero-order valence-corrected chi connectivity index (χ0v) is 12.7. The van der Waals surface area contributed by atoms with Crippen molar-refractivity contribution in [1.82, 2.24) is 0 Å². The Morgan fingerprint density at radius 1 is 1.13 bits per heavy atom. The highest BCUT2D eigenvalue weighted by atomic mass is 16.7. The van der Waals surface area contributed by atoms with Crippen molar-refractivity contribution in [2.45, 2.75) is 25.9 Å². The number of carboxylic acids is 1. The first-order chi connectivity index (χ1) is 11.2. The number of para-hydroxylation sites is 1. The molecule has 1 aliphatic heterocycles. The zero-order chi connectivity index (χ0) is 16.1. The molecule has 5 heteroatoms. The molecule has 3 rings (SSSR count). The summed E-state index contributed by atoms with van der Waals surface area (Å²) in [5.41, 5.74) is 2.06. The molecule has 0 saturated heterocycles. The minimum absolute atomic E-state index is 0.194. The van der Waals surface area contributed by atoms with Crippen molar-refractivity contribution < 1.29 is 24.1 Å². The van der Waals surface area contributed by atoms with Gasteiger partial charge in [-0.2, -0.15) is 0 Å². The third-order valence-electron chi connectivity index (χ3n) is 3.65. The van der Waals surface area contributed by atoms with Crippen molar-refractivity contribution in [2.75, 3.05) is 6.79 Å². The van der Waals surface area contributed by atoms with Crippen LogP contribution in [-0.2, 0) is 17.8 Å². The molecule has 0 spiro atoms. The summed E-state index contributed by atoms with van der Waals surface area (Å²) >= 11 is 0. The molecule has 0 aliphatic carbocycles. The Bertz CT molecular complexity index is 678. The quantitative estimate of drug-likeness (QED) is 0.848. The number of rotatable bonds is 7. The van der Waals surface area contributed by atoms with Gasteiger partial charge in [0, 0.05) is 12.0 Å². The maximum Gasteiger partial charge on any atom is 0.303 e. The van der Waals surface area contributed by atoms with E-state index in [0.29, 0.717) is 13.0 Å². The lowest BCUT2D eigenvalue weighted by molar-refractivity contribution is -0.137. The first-order valence-corrected chi connectivity index (χ1v) is 7.53. The number of aryl methyl sites for hydroxylation is 1. The number of fused-ring (bicyclic) bond motifs is 1. The van der Waals surface area contributed by atoms with Gasteiger partial charge in [0.1, 0.15) is 12.4 Å². The predicted octanol–water partition coefficient (Wildman–Crippen LogP) is 3.40. The standard InChI is InChI=1S/C18H18O5/c19-17(20)6-1-3-13-7-9-15(10-8-13)21-11-14-4-2-5-16-18(14)23-12-22-16/h2,4-5,7-10H,1,3,6,11-12H2,(H,19,20). The van der Waals surface area contributed by atoms with Crippen molar-refractivity contribution in [3.05, 3.63) is 53.6 Å². The fourth-order valence-electron chi connectivity index (χ4n) is 2.46. The lowest BCUT2D eigenvalue weighted by atomic mass is 10.1. The Morgan fingerprint density at radius 2 is 1.96 bits per heavy atom. The van der Waals surface area contributed by atoms with Crippen LogP contribution in [0.25, 0.3) is 0 Å². The van der Waals surface area contributed by atoms with Crippen LogP contribution in [0.2, 0.25) is 0 Å². The van der Waals surface area contributed by atoms with Crippen molar-refractivity contribution in [3.8, 4) is 17.2 Å². The van der Waals surface area contributed by atoms with Gasteiger partial charge in [0.05, 0.1) is 0 Å². The van der Waals surface area contributed by atoms with Crippen molar-refractivity contribution in [1.29, 1.82) is 0 Å². The van der Waals surface area contributed by atoms with E-state index in [1.165, 1.54) is 0 Å². The van der Waals surface area contributed by atoms with Crippen LogP contribution in [0.5, 0.6) is 17.2 Å². The van der Waals surface area contributed by atoms with Gasteiger partial charge in [0.2, 0.25) is 6.79 Å². The molecule has 0 bridgehead atoms. The van der Waals surface area contributed by atoms with Crippen LogP contribution in [-0.4, -0.2) is 17.9 Å². The van der Waals surface area contributed by atoms with Gasteiger partial charge in [0.15, 0.2) is 11.5 Å². The van der Waals surface area contributed by atoms with Gasteiger partial charge in [-0.25, -0.2) is 0 Å². The molecule has 0 fully saturated rings. The highest BCUT2D eigenvalue weighted by molar-refractivity contribution is 5.66. The van der Waals surface area contributed by atoms with E-state index in [-0.39, 0.29) is 13.2 Å². The second-order valence-electron chi connectivity index (χ2n) is 5.33. The van der Waals surface area contributed by atoms with Crippen LogP contribution in [0.15, 0.2) is 42.5 Å². The molecule has 0 unspecified atom stereocenters. The van der Waals surface area contributed by atoms with E-state index in [2.05, 4.69) is 0 Å². The monoisotopic (exact) mass is 314 g/mol. The van der Waals surface area contributed by atoms with E-state index in [1.54, 1.807) is 0 Å². The first-order valence-electron chi connectivity index (χ1n) is 7.53. The summed E-state index contributed by atoms with van der Waals surface area (Å²) < 4.78 is 16.6. The molecule has 2 aromatic rings. The SMILES string of the molecule is O=C(O)CCCc1ccc(OCc2cccc3c2OCO3)cc1. The highest BCUT2D eigenvalue weighted by Crippen LogP contribution is 2.35. The number of aliphatic carboxylic acids is 1. The normalized spacial score (nSPS) is 12.2. The molecule has 0 radical (unpaired) electrons. The summed E-state index contributed by atoms with van der Waals surface area (Å²) in [7, 11) is 0. The minimum atomic E-state index is -0.758. The maximum absolute atomic E-state index is 10.5. The van der Waals surface area contributed by atoms with Gasteiger partial charge in [-0.15, -0.1) is 0 Å². The Hall–Kier alpha value is -2.69. The fourth-order valence-corrected chi connectivity index (χ4v) is 2.46. The van der Waals surface area contributed by atoms with Crippen molar-refractivity contribution >= 4 is 5.97 Å². The van der Waals surface area contributed by atoms with E-state index in [0.717, 1.165) is 34.8 Å². The van der Waals surface area contributed by atoms with Gasteiger partial charge >= 0.3 is 5.97 Å². The number of benzene rings is 2. The van der Waals surface area contributed by atoms with Crippen LogP contribution in [0.3, 0.4) is 0 Å². The molecule has 0 amide bonds. The van der Waals surface area contributed by atoms with Crippen LogP contribution in [0, 0.1) is 0 Å². The predicted molar refractivity (Wildman–Crippen MR) is 83.9 cm³/mol. The molecule has 5 nitrogen and oxygen atoms in total. The molecular weight excluding hydrogens is 296 g/mol. The zero-order valence-electron chi connectivity index (χ0n) is 12.7. The minimum Gasteiger partial charge on any atom is -0.489 e. The summed E-state index contributed by atoms with van der Waals surface area (Å²) in [5, 5.41) is 8.64. The summed E-state index contributed by atoms with van der Waals surface area (Å²) in [6, 6.07) is 13.5. The third-order valence-corrected chi connectivity index (χ3v) is 3.65. The molecule has 2 aromatic carbocycles. The second-order valence-corrected chi connectivity index (χ2v) is 5.33. The van der Waals surface area contributed by atoms with Crippen LogP contribution >= 0.6 is 0 Å². The van der Waals surface area contributed by atoms with Crippen LogP contribution in [0.1, 0.15) is 24.0 Å². The van der Waals surface area contributed by atoms with E-state index >= 15 is 0 Å². The van der Waals surface area contributed by atoms with Crippen molar-refractivity contribution in [2.24, 2.45) is 0 Å². The number of hydrogen-bond donors (Lipinski definition) is 1. The lowest BCUT2D eigenvalue weighted by Crippen LogP contribution is -1.99. The average molecular weight is 314 g/mol. The van der Waals surface area contributed by atoms with Gasteiger partial charge in [0.25, 0.3) is 0 Å². The average Bonchev–Trinajstić information content (AvgIpc) is 3.03. The molecule has 120 valence electrons. The number of hydrogen-bond acceptors (Lipinski definition) is 4. The Kier molecular flexibility index (Phi) is 4.66. The van der Waals surface area contributed by atoms with Crippen molar-refractivity contribution in [3.63, 3.8) is 0 Å². The third kappa shape index (κ3) is 3.94. The lowest BCUT2D eigenvalue weighted by Gasteiger charge is -2.09. The largest absolute Gasteiger partial charge is 0.489 e. The summed E-state index contributed by atoms with van der Waals surface area (Å²) in [4.78, 5) is 10.5. The van der Waals surface area contributed by atoms with E-state index in [4.69, 9.17) is 19.3 Å². The summed E-state index contributed by atoms with van der Waals surface area (Å²) in [6.07, 6.45) is 1.59. The molecule has 0 saturated carbocycles. The van der Waals surface area contributed by atoms with Crippen LogP contribution in [0.4, 0.5) is 0 Å². The Labute approximate surface area is 134 Å². The number of ether oxygens (including phenoxy) is 3. The molecule has 1 N–H and O–H groups in total. The molecule has 1 aliphatic rings. The van der Waals surface area contributed by atoms with E-state index in [1.807, 2.05) is 42.5 Å². The molecule has 23 heavy (non-hydrogen) atoms. The van der Waals surface area contributed by atoms with E-state index < -0.39 is 5.97 Å².